The molecule has 144 valence electrons. The van der Waals surface area contributed by atoms with Gasteiger partial charge in [0, 0.05) is 18.6 Å². The first kappa shape index (κ1) is 17.2. The van der Waals surface area contributed by atoms with Crippen molar-refractivity contribution >= 4 is 11.0 Å². The van der Waals surface area contributed by atoms with Gasteiger partial charge >= 0.3 is 5.69 Å². The van der Waals surface area contributed by atoms with Gasteiger partial charge in [0.1, 0.15) is 0 Å². The lowest BCUT2D eigenvalue weighted by molar-refractivity contribution is 0.174. The Labute approximate surface area is 164 Å². The van der Waals surface area contributed by atoms with Gasteiger partial charge < -0.3 is 9.47 Å². The van der Waals surface area contributed by atoms with Crippen LogP contribution in [0.4, 0.5) is 0 Å². The van der Waals surface area contributed by atoms with Crippen LogP contribution in [0.3, 0.4) is 0 Å². The van der Waals surface area contributed by atoms with Crippen LogP contribution in [0.25, 0.3) is 11.0 Å². The molecule has 8 nitrogen and oxygen atoms in total. The Morgan fingerprint density at radius 3 is 2.59 bits per heavy atom. The molecular weight excluding hydrogens is 372 g/mol. The molecule has 0 atom stereocenters. The SMILES string of the molecule is O=c1c2ncccc2n(Cc2cccnc2)c(=O)n1Cc1ccc2c(c1)OCO2. The summed E-state index contributed by atoms with van der Waals surface area (Å²) >= 11 is 0. The van der Waals surface area contributed by atoms with E-state index in [9.17, 15) is 9.59 Å². The first-order chi connectivity index (χ1) is 14.2. The third-order valence-electron chi connectivity index (χ3n) is 4.83. The Bertz CT molecular complexity index is 1330. The quantitative estimate of drug-likeness (QED) is 0.530. The molecule has 3 aromatic heterocycles. The monoisotopic (exact) mass is 388 g/mol. The maximum absolute atomic E-state index is 13.3. The average molecular weight is 388 g/mol. The largest absolute Gasteiger partial charge is 0.454 e. The summed E-state index contributed by atoms with van der Waals surface area (Å²) < 4.78 is 13.5. The molecule has 0 radical (unpaired) electrons. The standard InChI is InChI=1S/C21H16N4O4/c26-20-19-16(4-2-8-23-19)24(12-15-3-1-7-22-10-15)21(27)25(20)11-14-5-6-17-18(9-14)29-13-28-17/h1-10H,11-13H2. The highest BCUT2D eigenvalue weighted by atomic mass is 16.7. The van der Waals surface area contributed by atoms with Gasteiger partial charge in [-0.3, -0.25) is 18.9 Å². The minimum atomic E-state index is -0.425. The molecule has 0 aliphatic carbocycles. The van der Waals surface area contributed by atoms with Crippen molar-refractivity contribution in [1.82, 2.24) is 19.1 Å². The summed E-state index contributed by atoms with van der Waals surface area (Å²) in [5.74, 6) is 1.25. The van der Waals surface area contributed by atoms with Crippen LogP contribution in [0, 0.1) is 0 Å². The van der Waals surface area contributed by atoms with Gasteiger partial charge in [0.2, 0.25) is 6.79 Å². The highest BCUT2D eigenvalue weighted by Gasteiger charge is 2.17. The number of pyridine rings is 2. The smallest absolute Gasteiger partial charge is 0.332 e. The zero-order valence-corrected chi connectivity index (χ0v) is 15.3. The molecule has 0 fully saturated rings. The maximum Gasteiger partial charge on any atom is 0.332 e. The zero-order valence-electron chi connectivity index (χ0n) is 15.3. The summed E-state index contributed by atoms with van der Waals surface area (Å²) in [4.78, 5) is 34.6. The van der Waals surface area contributed by atoms with Crippen molar-refractivity contribution in [2.24, 2.45) is 0 Å². The molecule has 1 aromatic carbocycles. The number of rotatable bonds is 4. The second-order valence-corrected chi connectivity index (χ2v) is 6.68. The molecule has 0 spiro atoms. The molecule has 0 unspecified atom stereocenters. The molecule has 5 rings (SSSR count). The fourth-order valence-corrected chi connectivity index (χ4v) is 3.43. The van der Waals surface area contributed by atoms with Crippen molar-refractivity contribution in [2.45, 2.75) is 13.1 Å². The van der Waals surface area contributed by atoms with Crippen molar-refractivity contribution in [1.29, 1.82) is 0 Å². The first-order valence-corrected chi connectivity index (χ1v) is 9.06. The maximum atomic E-state index is 13.3. The second kappa shape index (κ2) is 6.90. The van der Waals surface area contributed by atoms with E-state index in [-0.39, 0.29) is 25.4 Å². The van der Waals surface area contributed by atoms with E-state index in [0.29, 0.717) is 17.0 Å². The number of ether oxygens (including phenoxy) is 2. The van der Waals surface area contributed by atoms with Gasteiger partial charge in [0.25, 0.3) is 5.56 Å². The van der Waals surface area contributed by atoms with Crippen LogP contribution in [0.2, 0.25) is 0 Å². The van der Waals surface area contributed by atoms with Crippen molar-refractivity contribution in [3.63, 3.8) is 0 Å². The summed E-state index contributed by atoms with van der Waals surface area (Å²) in [5.41, 5.74) is 1.53. The van der Waals surface area contributed by atoms with Crippen molar-refractivity contribution in [2.75, 3.05) is 6.79 Å². The Morgan fingerprint density at radius 1 is 0.897 bits per heavy atom. The van der Waals surface area contributed by atoms with Crippen LogP contribution in [0.15, 0.2) is 70.6 Å². The van der Waals surface area contributed by atoms with Gasteiger partial charge in [-0.15, -0.1) is 0 Å². The normalized spacial score (nSPS) is 12.4. The van der Waals surface area contributed by atoms with Gasteiger partial charge in [0.05, 0.1) is 18.6 Å². The number of benzene rings is 1. The van der Waals surface area contributed by atoms with Crippen LogP contribution >= 0.6 is 0 Å². The molecule has 1 aliphatic heterocycles. The summed E-state index contributed by atoms with van der Waals surface area (Å²) in [7, 11) is 0. The second-order valence-electron chi connectivity index (χ2n) is 6.68. The van der Waals surface area contributed by atoms with Crippen LogP contribution in [0.1, 0.15) is 11.1 Å². The number of fused-ring (bicyclic) bond motifs is 2. The fraction of sp³-hybridized carbons (Fsp3) is 0.143. The number of nitrogens with zero attached hydrogens (tertiary/aromatic N) is 4. The van der Waals surface area contributed by atoms with E-state index in [1.165, 1.54) is 4.57 Å². The highest BCUT2D eigenvalue weighted by molar-refractivity contribution is 5.73. The molecule has 8 heteroatoms. The van der Waals surface area contributed by atoms with Gasteiger partial charge in [-0.05, 0) is 41.5 Å². The van der Waals surface area contributed by atoms with E-state index in [0.717, 1.165) is 11.1 Å². The van der Waals surface area contributed by atoms with E-state index in [2.05, 4.69) is 9.97 Å². The molecule has 0 amide bonds. The van der Waals surface area contributed by atoms with E-state index < -0.39 is 11.2 Å². The molecule has 4 aromatic rings. The van der Waals surface area contributed by atoms with Crippen molar-refractivity contribution in [3.05, 3.63) is 93.0 Å². The predicted octanol–water partition coefficient (Wildman–Crippen LogP) is 1.78. The lowest BCUT2D eigenvalue weighted by atomic mass is 10.2. The number of hydrogen-bond donors (Lipinski definition) is 0. The molecule has 29 heavy (non-hydrogen) atoms. The lowest BCUT2D eigenvalue weighted by Gasteiger charge is -2.14. The van der Waals surface area contributed by atoms with Gasteiger partial charge in [0.15, 0.2) is 17.0 Å². The number of aromatic nitrogens is 4. The summed E-state index contributed by atoms with van der Waals surface area (Å²) in [6.45, 7) is 0.556. The highest BCUT2D eigenvalue weighted by Crippen LogP contribution is 2.32. The van der Waals surface area contributed by atoms with Gasteiger partial charge in [-0.2, -0.15) is 0 Å². The molecule has 0 saturated carbocycles. The van der Waals surface area contributed by atoms with Crippen LogP contribution in [-0.4, -0.2) is 25.9 Å². The van der Waals surface area contributed by atoms with Crippen LogP contribution in [0.5, 0.6) is 11.5 Å². The molecule has 1 aliphatic rings. The summed E-state index contributed by atoms with van der Waals surface area (Å²) in [5, 5.41) is 0. The van der Waals surface area contributed by atoms with Crippen LogP contribution in [-0.2, 0) is 13.1 Å². The minimum absolute atomic E-state index is 0.105. The number of hydrogen-bond acceptors (Lipinski definition) is 6. The Balaban J connectivity index is 1.65. The zero-order chi connectivity index (χ0) is 19.8. The minimum Gasteiger partial charge on any atom is -0.454 e. The Morgan fingerprint density at radius 2 is 1.72 bits per heavy atom. The molecule has 0 bridgehead atoms. The van der Waals surface area contributed by atoms with Crippen molar-refractivity contribution in [3.8, 4) is 11.5 Å². The lowest BCUT2D eigenvalue weighted by Crippen LogP contribution is -2.40. The third-order valence-corrected chi connectivity index (χ3v) is 4.83. The van der Waals surface area contributed by atoms with Gasteiger partial charge in [-0.1, -0.05) is 12.1 Å². The molecule has 0 saturated heterocycles. The van der Waals surface area contributed by atoms with E-state index >= 15 is 0 Å². The molecule has 4 heterocycles. The van der Waals surface area contributed by atoms with Crippen LogP contribution < -0.4 is 20.7 Å². The van der Waals surface area contributed by atoms with E-state index in [4.69, 9.17) is 9.47 Å². The topological polar surface area (TPSA) is 88.2 Å². The summed E-state index contributed by atoms with van der Waals surface area (Å²) in [6.07, 6.45) is 4.92. The van der Waals surface area contributed by atoms with Gasteiger partial charge in [-0.25, -0.2) is 9.78 Å². The Hall–Kier alpha value is -3.94. The van der Waals surface area contributed by atoms with E-state index in [1.807, 2.05) is 18.2 Å². The predicted molar refractivity (Wildman–Crippen MR) is 105 cm³/mol. The Kier molecular flexibility index (Phi) is 4.09. The van der Waals surface area contributed by atoms with Crippen molar-refractivity contribution < 1.29 is 9.47 Å². The molecule has 0 N–H and O–H groups in total. The molecular formula is C21H16N4O4. The first-order valence-electron chi connectivity index (χ1n) is 9.06. The summed E-state index contributed by atoms with van der Waals surface area (Å²) in [6, 6.07) is 12.5. The third kappa shape index (κ3) is 3.04. The van der Waals surface area contributed by atoms with E-state index in [1.54, 1.807) is 47.4 Å². The fourth-order valence-electron chi connectivity index (χ4n) is 3.43. The average Bonchev–Trinajstić information content (AvgIpc) is 3.23.